The molecule has 15 heteroatoms. The summed E-state index contributed by atoms with van der Waals surface area (Å²) in [6, 6.07) is 19.5. The molecule has 0 aliphatic rings. The molecule has 3 N–H and O–H groups in total. The number of anilines is 2. The zero-order chi connectivity index (χ0) is 34.6. The fraction of sp³-hybridized carbons (Fsp3) is 0.235. The van der Waals surface area contributed by atoms with Crippen LogP contribution in [0.4, 0.5) is 29.3 Å². The van der Waals surface area contributed by atoms with E-state index in [1.165, 1.54) is 35.0 Å². The second-order valence-electron chi connectivity index (χ2n) is 11.3. The molecule has 2 aromatic heterocycles. The van der Waals surface area contributed by atoms with Crippen LogP contribution in [-0.4, -0.2) is 67.4 Å². The number of hydrogen-bond acceptors (Lipinski definition) is 6. The molecule has 0 fully saturated rings. The predicted molar refractivity (Wildman–Crippen MR) is 187 cm³/mol. The number of benzene rings is 3. The van der Waals surface area contributed by atoms with E-state index in [-0.39, 0.29) is 59.9 Å². The summed E-state index contributed by atoms with van der Waals surface area (Å²) in [6.07, 6.45) is 5.31. The normalized spacial score (nSPS) is 12.7. The number of fused-ring (bicyclic) bond motifs is 1. The average Bonchev–Trinajstić information content (AvgIpc) is 3.67. The Morgan fingerprint density at radius 3 is 2.24 bits per heavy atom. The van der Waals surface area contributed by atoms with Gasteiger partial charge >= 0.3 is 17.5 Å². The monoisotopic (exact) mass is 714 g/mol. The number of hydrogen-bond donors (Lipinski definition) is 3. The van der Waals surface area contributed by atoms with Crippen LogP contribution < -0.4 is 10.6 Å². The van der Waals surface area contributed by atoms with Gasteiger partial charge in [0.2, 0.25) is 5.91 Å². The number of carboxylic acids is 1. The molecule has 0 saturated heterocycles. The maximum Gasteiger partial charge on any atom is 0.446 e. The van der Waals surface area contributed by atoms with E-state index < -0.39 is 23.0 Å². The van der Waals surface area contributed by atoms with Crippen LogP contribution >= 0.6 is 24.2 Å². The Morgan fingerprint density at radius 1 is 0.939 bits per heavy atom. The van der Waals surface area contributed by atoms with Crippen molar-refractivity contribution in [3.05, 3.63) is 91.4 Å². The summed E-state index contributed by atoms with van der Waals surface area (Å²) in [7, 11) is 3.33. The smallest absolute Gasteiger partial charge is 0.446 e. The third kappa shape index (κ3) is 8.45. The number of aliphatic carboxylic acids is 1. The number of alkyl halides is 3. The minimum atomic E-state index is -4.44. The molecular weight excluding hydrogens is 681 g/mol. The molecule has 2 amide bonds. The van der Waals surface area contributed by atoms with Gasteiger partial charge in [-0.25, -0.2) is 9.48 Å². The van der Waals surface area contributed by atoms with E-state index in [4.69, 9.17) is 0 Å². The molecule has 0 saturated carbocycles. The molecule has 5 aromatic rings. The van der Waals surface area contributed by atoms with Gasteiger partial charge in [0.25, 0.3) is 0 Å². The Hall–Kier alpha value is -4.79. The second-order valence-corrected chi connectivity index (χ2v) is 12.4. The van der Waals surface area contributed by atoms with Crippen LogP contribution in [0.2, 0.25) is 0 Å². The molecule has 1 atom stereocenters. The van der Waals surface area contributed by atoms with Crippen LogP contribution in [0.25, 0.3) is 27.7 Å². The summed E-state index contributed by atoms with van der Waals surface area (Å²) in [4.78, 5) is 40.5. The molecule has 10 nitrogen and oxygen atoms in total. The molecule has 0 spiro atoms. The number of carbonyl (C=O) groups excluding carboxylic acids is 2. The van der Waals surface area contributed by atoms with Crippen LogP contribution in [0, 0.1) is 0 Å². The third-order valence-corrected chi connectivity index (χ3v) is 8.93. The topological polar surface area (TPSA) is 121 Å². The van der Waals surface area contributed by atoms with Crippen molar-refractivity contribution in [2.45, 2.75) is 42.1 Å². The number of carboxylic acid groups (broad SMARTS) is 1. The fourth-order valence-electron chi connectivity index (χ4n) is 5.53. The van der Waals surface area contributed by atoms with E-state index in [0.29, 0.717) is 16.6 Å². The molecule has 5 rings (SSSR count). The highest BCUT2D eigenvalue weighted by Crippen LogP contribution is 2.37. The summed E-state index contributed by atoms with van der Waals surface area (Å²) >= 11 is -0.257. The molecule has 0 bridgehead atoms. The molecule has 2 heterocycles. The quantitative estimate of drug-likeness (QED) is 0.118. The lowest BCUT2D eigenvalue weighted by Gasteiger charge is -2.34. The fourth-order valence-corrected chi connectivity index (χ4v) is 6.07. The number of aromatic nitrogens is 3. The first-order valence-corrected chi connectivity index (χ1v) is 15.7. The molecule has 0 radical (unpaired) electrons. The Morgan fingerprint density at radius 2 is 1.63 bits per heavy atom. The second kappa shape index (κ2) is 15.2. The number of rotatable bonds is 11. The Kier molecular flexibility index (Phi) is 11.5. The number of carbonyl (C=O) groups is 3. The van der Waals surface area contributed by atoms with E-state index >= 15 is 0 Å². The van der Waals surface area contributed by atoms with Crippen LogP contribution in [0.3, 0.4) is 0 Å². The maximum absolute atomic E-state index is 13.6. The Labute approximate surface area is 290 Å². The van der Waals surface area contributed by atoms with E-state index in [2.05, 4.69) is 15.7 Å². The van der Waals surface area contributed by atoms with Gasteiger partial charge in [0, 0.05) is 40.3 Å². The molecule has 258 valence electrons. The molecule has 1 unspecified atom stereocenters. The first kappa shape index (κ1) is 37.0. The van der Waals surface area contributed by atoms with Crippen molar-refractivity contribution in [3.8, 4) is 16.8 Å². The van der Waals surface area contributed by atoms with E-state index in [9.17, 15) is 32.7 Å². The van der Waals surface area contributed by atoms with Gasteiger partial charge in [-0.05, 0) is 92.8 Å². The highest BCUT2D eigenvalue weighted by molar-refractivity contribution is 8.00. The zero-order valence-corrected chi connectivity index (χ0v) is 28.3. The number of urea groups is 1. The van der Waals surface area contributed by atoms with Crippen LogP contribution in [0.1, 0.15) is 31.0 Å². The third-order valence-electron chi connectivity index (χ3n) is 8.20. The van der Waals surface area contributed by atoms with Gasteiger partial charge in [-0.2, -0.15) is 18.3 Å². The molecule has 0 aliphatic heterocycles. The zero-order valence-electron chi connectivity index (χ0n) is 26.7. The Balaban J connectivity index is 0.00000541. The highest BCUT2D eigenvalue weighted by Gasteiger charge is 2.39. The van der Waals surface area contributed by atoms with Gasteiger partial charge in [0.15, 0.2) is 0 Å². The van der Waals surface area contributed by atoms with E-state index in [0.717, 1.165) is 16.8 Å². The van der Waals surface area contributed by atoms with Gasteiger partial charge < -0.3 is 15.7 Å². The number of halogens is 4. The van der Waals surface area contributed by atoms with Crippen molar-refractivity contribution < 1.29 is 32.7 Å². The van der Waals surface area contributed by atoms with Crippen LogP contribution in [0.15, 0.2) is 96.3 Å². The molecule has 49 heavy (non-hydrogen) atoms. The van der Waals surface area contributed by atoms with Crippen molar-refractivity contribution in [1.82, 2.24) is 19.2 Å². The number of amides is 2. The minimum Gasteiger partial charge on any atom is -0.480 e. The lowest BCUT2D eigenvalue weighted by atomic mass is 9.89. The summed E-state index contributed by atoms with van der Waals surface area (Å²) in [5, 5.41) is 20.4. The maximum atomic E-state index is 13.6. The van der Waals surface area contributed by atoms with Crippen molar-refractivity contribution >= 4 is 64.4 Å². The number of nitrogens with one attached hydrogen (secondary N) is 2. The number of nitrogens with zero attached hydrogens (tertiary/aromatic N) is 4. The first-order valence-electron chi connectivity index (χ1n) is 14.9. The minimum absolute atomic E-state index is 0. The average molecular weight is 715 g/mol. The summed E-state index contributed by atoms with van der Waals surface area (Å²) in [6.45, 7) is 1.76. The SMILES string of the molecule is CCC(CCC(=O)n1cc(NC(=O)Nc2ccc(SC(F)(F)F)cc2)c2cc(-c3cnn(-c4ccccc4)c3)ccc21)(C(=O)O)N(C)C.Cl. The lowest BCUT2D eigenvalue weighted by Crippen LogP contribution is -2.51. The lowest BCUT2D eigenvalue weighted by molar-refractivity contribution is -0.150. The Bertz CT molecular complexity index is 1950. The summed E-state index contributed by atoms with van der Waals surface area (Å²) < 4.78 is 41.3. The van der Waals surface area contributed by atoms with Gasteiger partial charge in [-0.3, -0.25) is 19.1 Å². The van der Waals surface area contributed by atoms with Gasteiger partial charge in [0.05, 0.1) is 23.1 Å². The summed E-state index contributed by atoms with van der Waals surface area (Å²) in [5.74, 6) is -1.39. The van der Waals surface area contributed by atoms with Crippen molar-refractivity contribution in [3.63, 3.8) is 0 Å². The number of thioether (sulfide) groups is 1. The first-order chi connectivity index (χ1) is 22.8. The van der Waals surface area contributed by atoms with Gasteiger partial charge in [-0.1, -0.05) is 31.2 Å². The van der Waals surface area contributed by atoms with Gasteiger partial charge in [-0.15, -0.1) is 12.4 Å². The van der Waals surface area contributed by atoms with E-state index in [1.807, 2.05) is 48.7 Å². The predicted octanol–water partition coefficient (Wildman–Crippen LogP) is 8.39. The standard InChI is InChI=1S/C34H33F3N6O4S.ClH/c1-4-33(31(45)46,41(2)3)17-16-30(44)42-21-28(40-32(47)39-24-11-13-26(14-12-24)48-34(35,36)37)27-18-22(10-15-29(27)42)23-19-38-43(20-23)25-8-6-5-7-9-25;/h5-15,18-21H,4,16-17H2,1-3H3,(H,45,46)(H2,39,40,47);1H. The van der Waals surface area contributed by atoms with Gasteiger partial charge in [0.1, 0.15) is 5.54 Å². The summed E-state index contributed by atoms with van der Waals surface area (Å²) in [5.41, 5.74) is -2.20. The number of para-hydroxylation sites is 1. The van der Waals surface area contributed by atoms with Crippen LogP contribution in [0.5, 0.6) is 0 Å². The van der Waals surface area contributed by atoms with Crippen molar-refractivity contribution in [2.24, 2.45) is 0 Å². The molecular formula is C34H34ClF3N6O4S. The molecule has 3 aromatic carbocycles. The van der Waals surface area contributed by atoms with Crippen molar-refractivity contribution in [2.75, 3.05) is 24.7 Å². The van der Waals surface area contributed by atoms with Crippen LogP contribution in [-0.2, 0) is 4.79 Å². The number of likely N-dealkylation sites (N-methyl/N-ethyl adjacent to an activating group) is 1. The molecule has 0 aliphatic carbocycles. The van der Waals surface area contributed by atoms with Crippen molar-refractivity contribution in [1.29, 1.82) is 0 Å². The van der Waals surface area contributed by atoms with E-state index in [1.54, 1.807) is 42.9 Å². The largest absolute Gasteiger partial charge is 0.480 e. The highest BCUT2D eigenvalue weighted by atomic mass is 35.5.